The van der Waals surface area contributed by atoms with E-state index in [2.05, 4.69) is 15.5 Å². The van der Waals surface area contributed by atoms with Gasteiger partial charge in [0.15, 0.2) is 0 Å². The highest BCUT2D eigenvalue weighted by molar-refractivity contribution is 6.31. The van der Waals surface area contributed by atoms with Crippen molar-refractivity contribution in [1.82, 2.24) is 20.2 Å². The van der Waals surface area contributed by atoms with E-state index in [1.807, 2.05) is 0 Å². The number of tetrazole rings is 1. The van der Waals surface area contributed by atoms with Crippen LogP contribution in [0, 0.1) is 0 Å². The van der Waals surface area contributed by atoms with Crippen LogP contribution in [0.1, 0.15) is 5.56 Å². The summed E-state index contributed by atoms with van der Waals surface area (Å²) >= 11 is 5.84. The molecule has 0 amide bonds. The molecule has 1 aromatic heterocycles. The highest BCUT2D eigenvalue weighted by Gasteiger charge is 2.03. The van der Waals surface area contributed by atoms with E-state index < -0.39 is 0 Å². The average Bonchev–Trinajstić information content (AvgIpc) is 2.71. The van der Waals surface area contributed by atoms with Gasteiger partial charge in [-0.15, -0.1) is 5.10 Å². The summed E-state index contributed by atoms with van der Waals surface area (Å²) in [5, 5.41) is 20.3. The molecule has 0 fully saturated rings. The van der Waals surface area contributed by atoms with E-state index in [-0.39, 0.29) is 6.61 Å². The molecule has 0 saturated carbocycles. The molecule has 2 aromatic rings. The Bertz CT molecular complexity index is 429. The lowest BCUT2D eigenvalue weighted by Gasteiger charge is -2.03. The summed E-state index contributed by atoms with van der Waals surface area (Å²) in [4.78, 5) is 0. The van der Waals surface area contributed by atoms with Gasteiger partial charge in [0.1, 0.15) is 6.33 Å². The first-order valence-electron chi connectivity index (χ1n) is 3.94. The van der Waals surface area contributed by atoms with Crippen LogP contribution >= 0.6 is 11.6 Å². The maximum absolute atomic E-state index is 9.00. The number of benzene rings is 1. The second kappa shape index (κ2) is 3.73. The number of rotatable bonds is 2. The minimum atomic E-state index is -0.102. The van der Waals surface area contributed by atoms with E-state index in [4.69, 9.17) is 16.7 Å². The fourth-order valence-corrected chi connectivity index (χ4v) is 1.28. The first kappa shape index (κ1) is 9.11. The first-order chi connectivity index (χ1) is 6.81. The summed E-state index contributed by atoms with van der Waals surface area (Å²) in [6.07, 6.45) is 1.48. The lowest BCUT2D eigenvalue weighted by atomic mass is 10.2. The molecule has 0 radical (unpaired) electrons. The summed E-state index contributed by atoms with van der Waals surface area (Å²) in [7, 11) is 0. The van der Waals surface area contributed by atoms with E-state index in [0.717, 1.165) is 5.69 Å². The SMILES string of the molecule is OCc1cc(-n2cnnn2)ccc1Cl. The van der Waals surface area contributed by atoms with Crippen LogP contribution < -0.4 is 0 Å². The molecular formula is C8H7ClN4O. The monoisotopic (exact) mass is 210 g/mol. The number of hydrogen-bond donors (Lipinski definition) is 1. The van der Waals surface area contributed by atoms with Crippen molar-refractivity contribution in [2.24, 2.45) is 0 Å². The fraction of sp³-hybridized carbons (Fsp3) is 0.125. The van der Waals surface area contributed by atoms with Crippen molar-refractivity contribution in [2.45, 2.75) is 6.61 Å². The Morgan fingerprint density at radius 3 is 2.93 bits per heavy atom. The molecule has 0 aliphatic heterocycles. The first-order valence-corrected chi connectivity index (χ1v) is 4.31. The van der Waals surface area contributed by atoms with Crippen LogP contribution in [-0.4, -0.2) is 25.3 Å². The summed E-state index contributed by atoms with van der Waals surface area (Å²) < 4.78 is 1.50. The minimum Gasteiger partial charge on any atom is -0.392 e. The van der Waals surface area contributed by atoms with Crippen molar-refractivity contribution in [3.05, 3.63) is 35.1 Å². The Balaban J connectivity index is 2.46. The lowest BCUT2D eigenvalue weighted by Crippen LogP contribution is -1.96. The second-order valence-corrected chi connectivity index (χ2v) is 3.10. The molecule has 0 unspecified atom stereocenters. The third-order valence-electron chi connectivity index (χ3n) is 1.81. The minimum absolute atomic E-state index is 0.102. The molecule has 1 heterocycles. The van der Waals surface area contributed by atoms with Gasteiger partial charge in [-0.05, 0) is 34.2 Å². The zero-order valence-electron chi connectivity index (χ0n) is 7.13. The number of nitrogens with zero attached hydrogens (tertiary/aromatic N) is 4. The van der Waals surface area contributed by atoms with Gasteiger partial charge in [0.2, 0.25) is 0 Å². The Kier molecular flexibility index (Phi) is 2.43. The van der Waals surface area contributed by atoms with E-state index in [1.165, 1.54) is 11.0 Å². The van der Waals surface area contributed by atoms with Gasteiger partial charge >= 0.3 is 0 Å². The highest BCUT2D eigenvalue weighted by atomic mass is 35.5. The molecule has 0 atom stereocenters. The lowest BCUT2D eigenvalue weighted by molar-refractivity contribution is 0.282. The van der Waals surface area contributed by atoms with Crippen LogP contribution in [0.2, 0.25) is 5.02 Å². The smallest absolute Gasteiger partial charge is 0.143 e. The molecule has 1 N–H and O–H groups in total. The van der Waals surface area contributed by atoms with Gasteiger partial charge in [0, 0.05) is 5.02 Å². The van der Waals surface area contributed by atoms with Crippen molar-refractivity contribution in [3.8, 4) is 5.69 Å². The van der Waals surface area contributed by atoms with E-state index >= 15 is 0 Å². The zero-order valence-corrected chi connectivity index (χ0v) is 7.89. The van der Waals surface area contributed by atoms with Crippen molar-refractivity contribution >= 4 is 11.6 Å². The fourth-order valence-electron chi connectivity index (χ4n) is 1.10. The quantitative estimate of drug-likeness (QED) is 0.797. The van der Waals surface area contributed by atoms with E-state index in [9.17, 15) is 0 Å². The number of halogens is 1. The molecule has 6 heteroatoms. The summed E-state index contributed by atoms with van der Waals surface area (Å²) in [5.74, 6) is 0. The molecule has 72 valence electrons. The molecular weight excluding hydrogens is 204 g/mol. The Hall–Kier alpha value is -1.46. The predicted octanol–water partition coefficient (Wildman–Crippen LogP) is 0.808. The molecule has 0 saturated heterocycles. The van der Waals surface area contributed by atoms with Crippen molar-refractivity contribution in [3.63, 3.8) is 0 Å². The van der Waals surface area contributed by atoms with Gasteiger partial charge in [-0.3, -0.25) is 0 Å². The van der Waals surface area contributed by atoms with E-state index in [0.29, 0.717) is 10.6 Å². The molecule has 0 aliphatic rings. The average molecular weight is 211 g/mol. The maximum atomic E-state index is 9.00. The van der Waals surface area contributed by atoms with Gasteiger partial charge in [-0.1, -0.05) is 11.6 Å². The molecule has 5 nitrogen and oxygen atoms in total. The number of aliphatic hydroxyl groups is 1. The van der Waals surface area contributed by atoms with Crippen LogP contribution in [0.5, 0.6) is 0 Å². The van der Waals surface area contributed by atoms with Crippen LogP contribution in [0.25, 0.3) is 5.69 Å². The molecule has 2 rings (SSSR count). The zero-order chi connectivity index (χ0) is 9.97. The van der Waals surface area contributed by atoms with Gasteiger partial charge in [-0.25, -0.2) is 4.68 Å². The van der Waals surface area contributed by atoms with Crippen LogP contribution in [0.4, 0.5) is 0 Å². The van der Waals surface area contributed by atoms with Gasteiger partial charge in [-0.2, -0.15) is 0 Å². The summed E-state index contributed by atoms with van der Waals surface area (Å²) in [5.41, 5.74) is 1.42. The number of aliphatic hydroxyl groups excluding tert-OH is 1. The number of hydrogen-bond acceptors (Lipinski definition) is 4. The Morgan fingerprint density at radius 2 is 2.29 bits per heavy atom. The standard InChI is InChI=1S/C8H7ClN4O/c9-8-2-1-7(3-6(8)4-14)13-5-10-11-12-13/h1-3,5,14H,4H2. The second-order valence-electron chi connectivity index (χ2n) is 2.69. The third-order valence-corrected chi connectivity index (χ3v) is 2.18. The predicted molar refractivity (Wildman–Crippen MR) is 50.1 cm³/mol. The molecule has 0 spiro atoms. The maximum Gasteiger partial charge on any atom is 0.143 e. The molecule has 1 aromatic carbocycles. The molecule has 14 heavy (non-hydrogen) atoms. The van der Waals surface area contributed by atoms with Gasteiger partial charge in [0.05, 0.1) is 12.3 Å². The Labute approximate surface area is 84.9 Å². The van der Waals surface area contributed by atoms with Crippen LogP contribution in [0.15, 0.2) is 24.5 Å². The topological polar surface area (TPSA) is 63.8 Å². The van der Waals surface area contributed by atoms with E-state index in [1.54, 1.807) is 18.2 Å². The molecule has 0 bridgehead atoms. The number of aromatic nitrogens is 4. The third kappa shape index (κ3) is 1.59. The normalized spacial score (nSPS) is 10.4. The highest BCUT2D eigenvalue weighted by Crippen LogP contribution is 2.18. The molecule has 0 aliphatic carbocycles. The van der Waals surface area contributed by atoms with Gasteiger partial charge < -0.3 is 5.11 Å². The Morgan fingerprint density at radius 1 is 1.43 bits per heavy atom. The van der Waals surface area contributed by atoms with Crippen LogP contribution in [0.3, 0.4) is 0 Å². The summed E-state index contributed by atoms with van der Waals surface area (Å²) in [6.45, 7) is -0.102. The largest absolute Gasteiger partial charge is 0.392 e. The van der Waals surface area contributed by atoms with Crippen molar-refractivity contribution in [2.75, 3.05) is 0 Å². The van der Waals surface area contributed by atoms with Crippen LogP contribution in [-0.2, 0) is 6.61 Å². The van der Waals surface area contributed by atoms with Gasteiger partial charge in [0.25, 0.3) is 0 Å². The van der Waals surface area contributed by atoms with Crippen molar-refractivity contribution in [1.29, 1.82) is 0 Å². The summed E-state index contributed by atoms with van der Waals surface area (Å²) in [6, 6.07) is 5.21. The van der Waals surface area contributed by atoms with Crippen molar-refractivity contribution < 1.29 is 5.11 Å².